The Morgan fingerprint density at radius 2 is 1.86 bits per heavy atom. The molecule has 0 aliphatic carbocycles. The molecule has 3 heterocycles. The number of nitrogens with zero attached hydrogens (tertiary/aromatic N) is 5. The maximum atomic E-state index is 5.68. The van der Waals surface area contributed by atoms with Crippen LogP contribution in [0.2, 0.25) is 0 Å². The van der Waals surface area contributed by atoms with Gasteiger partial charge < -0.3 is 4.42 Å². The lowest BCUT2D eigenvalue weighted by Gasteiger charge is -1.91. The fraction of sp³-hybridized carbons (Fsp3) is 0. The van der Waals surface area contributed by atoms with Crippen molar-refractivity contribution in [3.8, 4) is 23.0 Å². The van der Waals surface area contributed by atoms with Gasteiger partial charge in [-0.2, -0.15) is 5.10 Å². The van der Waals surface area contributed by atoms with Gasteiger partial charge in [0.05, 0.1) is 4.47 Å². The number of hydrogen-bond donors (Lipinski definition) is 0. The monoisotopic (exact) mass is 341 g/mol. The van der Waals surface area contributed by atoms with Gasteiger partial charge in [-0.3, -0.25) is 0 Å². The van der Waals surface area contributed by atoms with Crippen LogP contribution in [-0.2, 0) is 0 Å². The summed E-state index contributed by atoms with van der Waals surface area (Å²) in [5.41, 5.74) is 2.18. The van der Waals surface area contributed by atoms with Crippen LogP contribution in [0, 0.1) is 0 Å². The summed E-state index contributed by atoms with van der Waals surface area (Å²) in [6.45, 7) is 0. The molecule has 0 aliphatic rings. The molecule has 0 unspecified atom stereocenters. The molecule has 0 fully saturated rings. The molecule has 0 bridgehead atoms. The third-order valence-electron chi connectivity index (χ3n) is 2.95. The lowest BCUT2D eigenvalue weighted by Crippen LogP contribution is -1.88. The van der Waals surface area contributed by atoms with Crippen molar-refractivity contribution < 1.29 is 4.42 Å². The van der Waals surface area contributed by atoms with Gasteiger partial charge in [-0.05, 0) is 28.1 Å². The fourth-order valence-electron chi connectivity index (χ4n) is 1.98. The Hall–Kier alpha value is -2.54. The third kappa shape index (κ3) is 2.21. The second kappa shape index (κ2) is 4.78. The van der Waals surface area contributed by atoms with Gasteiger partial charge in [0.25, 0.3) is 5.89 Å². The highest BCUT2D eigenvalue weighted by molar-refractivity contribution is 9.10. The maximum absolute atomic E-state index is 5.68. The van der Waals surface area contributed by atoms with Gasteiger partial charge in [0.1, 0.15) is 0 Å². The Bertz CT molecular complexity index is 915. The lowest BCUT2D eigenvalue weighted by molar-refractivity contribution is 0.581. The van der Waals surface area contributed by atoms with Crippen molar-refractivity contribution >= 4 is 21.6 Å². The van der Waals surface area contributed by atoms with E-state index in [1.165, 1.54) is 0 Å². The molecular weight excluding hydrogens is 334 g/mol. The molecule has 0 radical (unpaired) electrons. The maximum Gasteiger partial charge on any atom is 0.268 e. The highest BCUT2D eigenvalue weighted by Gasteiger charge is 2.14. The van der Waals surface area contributed by atoms with Crippen LogP contribution in [-0.4, -0.2) is 24.8 Å². The normalized spacial score (nSPS) is 11.1. The molecule has 0 atom stereocenters. The summed E-state index contributed by atoms with van der Waals surface area (Å²) in [6.07, 6.45) is 3.53. The van der Waals surface area contributed by atoms with Crippen molar-refractivity contribution in [3.63, 3.8) is 0 Å². The first-order valence-electron chi connectivity index (χ1n) is 6.20. The molecule has 4 aromatic rings. The average Bonchev–Trinajstić information content (AvgIpc) is 3.14. The van der Waals surface area contributed by atoms with Crippen molar-refractivity contribution in [2.45, 2.75) is 0 Å². The molecule has 0 saturated heterocycles. The number of hydrogen-bond acceptors (Lipinski definition) is 5. The molecule has 7 heteroatoms. The molecule has 0 amide bonds. The Morgan fingerprint density at radius 1 is 1.05 bits per heavy atom. The van der Waals surface area contributed by atoms with Gasteiger partial charge in [-0.1, -0.05) is 18.2 Å². The highest BCUT2D eigenvalue weighted by Crippen LogP contribution is 2.23. The van der Waals surface area contributed by atoms with E-state index < -0.39 is 0 Å². The van der Waals surface area contributed by atoms with E-state index in [1.807, 2.05) is 36.5 Å². The molecule has 4 rings (SSSR count). The van der Waals surface area contributed by atoms with Crippen molar-refractivity contribution in [2.24, 2.45) is 0 Å². The van der Waals surface area contributed by atoms with E-state index in [9.17, 15) is 0 Å². The van der Waals surface area contributed by atoms with E-state index in [0.29, 0.717) is 23.1 Å². The predicted molar refractivity (Wildman–Crippen MR) is 79.4 cm³/mol. The summed E-state index contributed by atoms with van der Waals surface area (Å²) in [5, 5.41) is 12.5. The molecule has 6 nitrogen and oxygen atoms in total. The molecule has 102 valence electrons. The summed E-state index contributed by atoms with van der Waals surface area (Å²) >= 11 is 3.36. The summed E-state index contributed by atoms with van der Waals surface area (Å²) in [6, 6.07) is 11.4. The van der Waals surface area contributed by atoms with Gasteiger partial charge in [-0.15, -0.1) is 10.2 Å². The van der Waals surface area contributed by atoms with Crippen molar-refractivity contribution in [1.29, 1.82) is 0 Å². The first-order valence-corrected chi connectivity index (χ1v) is 6.99. The molecule has 21 heavy (non-hydrogen) atoms. The quantitative estimate of drug-likeness (QED) is 0.559. The minimum atomic E-state index is 0.371. The average molecular weight is 342 g/mol. The highest BCUT2D eigenvalue weighted by atomic mass is 79.9. The molecule has 0 spiro atoms. The minimum Gasteiger partial charge on any atom is -0.415 e. The molecule has 0 N–H and O–H groups in total. The van der Waals surface area contributed by atoms with E-state index in [4.69, 9.17) is 4.42 Å². The number of halogens is 1. The van der Waals surface area contributed by atoms with Gasteiger partial charge >= 0.3 is 0 Å². The van der Waals surface area contributed by atoms with Crippen LogP contribution in [0.3, 0.4) is 0 Å². The first kappa shape index (κ1) is 12.2. The van der Waals surface area contributed by atoms with E-state index >= 15 is 0 Å². The Kier molecular flexibility index (Phi) is 2.78. The number of benzene rings is 1. The summed E-state index contributed by atoms with van der Waals surface area (Å²) in [5.74, 6) is 0.840. The summed E-state index contributed by atoms with van der Waals surface area (Å²) in [7, 11) is 0. The predicted octanol–water partition coefficient (Wildman–Crippen LogP) is 3.21. The minimum absolute atomic E-state index is 0.371. The topological polar surface area (TPSA) is 69.1 Å². The zero-order chi connectivity index (χ0) is 14.2. The molecule has 3 aromatic heterocycles. The van der Waals surface area contributed by atoms with Gasteiger partial charge in [0.2, 0.25) is 5.89 Å². The van der Waals surface area contributed by atoms with Crippen LogP contribution in [0.4, 0.5) is 0 Å². The van der Waals surface area contributed by atoms with E-state index in [2.05, 4.69) is 36.2 Å². The van der Waals surface area contributed by atoms with Crippen LogP contribution in [0.1, 0.15) is 0 Å². The molecule has 0 aliphatic heterocycles. The van der Waals surface area contributed by atoms with Gasteiger partial charge in [0, 0.05) is 24.0 Å². The SMILES string of the molecule is Brc1cnc2cc(-c3nnc(-c4ccccc4)o3)nn2c1. The molecule has 1 aromatic carbocycles. The second-order valence-electron chi connectivity index (χ2n) is 4.38. The van der Waals surface area contributed by atoms with Crippen LogP contribution in [0.5, 0.6) is 0 Å². The van der Waals surface area contributed by atoms with Crippen molar-refractivity contribution in [2.75, 3.05) is 0 Å². The lowest BCUT2D eigenvalue weighted by atomic mass is 10.2. The zero-order valence-electron chi connectivity index (χ0n) is 10.6. The van der Waals surface area contributed by atoms with Crippen LogP contribution in [0.25, 0.3) is 28.7 Å². The van der Waals surface area contributed by atoms with E-state index in [1.54, 1.807) is 16.8 Å². The second-order valence-corrected chi connectivity index (χ2v) is 5.30. The third-order valence-corrected chi connectivity index (χ3v) is 3.36. The molecular formula is C14H8BrN5O. The van der Waals surface area contributed by atoms with E-state index in [-0.39, 0.29) is 0 Å². The number of fused-ring (bicyclic) bond motifs is 1. The van der Waals surface area contributed by atoms with Crippen LogP contribution in [0.15, 0.2) is 57.7 Å². The fourth-order valence-corrected chi connectivity index (χ4v) is 2.28. The summed E-state index contributed by atoms with van der Waals surface area (Å²) in [4.78, 5) is 4.26. The smallest absolute Gasteiger partial charge is 0.268 e. The Balaban J connectivity index is 1.77. The largest absolute Gasteiger partial charge is 0.415 e. The van der Waals surface area contributed by atoms with Crippen molar-refractivity contribution in [3.05, 3.63) is 53.3 Å². The van der Waals surface area contributed by atoms with Gasteiger partial charge in [-0.25, -0.2) is 9.50 Å². The Morgan fingerprint density at radius 3 is 2.71 bits per heavy atom. The van der Waals surface area contributed by atoms with Crippen molar-refractivity contribution in [1.82, 2.24) is 24.8 Å². The van der Waals surface area contributed by atoms with E-state index in [0.717, 1.165) is 10.0 Å². The number of aromatic nitrogens is 5. The standard InChI is InChI=1S/C14H8BrN5O/c15-10-7-16-12-6-11(19-20(12)8-10)14-18-17-13(21-14)9-4-2-1-3-5-9/h1-8H. The van der Waals surface area contributed by atoms with Gasteiger partial charge in [0.15, 0.2) is 11.3 Å². The first-order chi connectivity index (χ1) is 10.3. The number of rotatable bonds is 2. The van der Waals surface area contributed by atoms with Crippen LogP contribution < -0.4 is 0 Å². The van der Waals surface area contributed by atoms with Crippen LogP contribution >= 0.6 is 15.9 Å². The Labute approximate surface area is 127 Å². The summed E-state index contributed by atoms with van der Waals surface area (Å²) < 4.78 is 8.18. The zero-order valence-corrected chi connectivity index (χ0v) is 12.2. The molecule has 0 saturated carbocycles.